The summed E-state index contributed by atoms with van der Waals surface area (Å²) in [6, 6.07) is 14.2. The fraction of sp³-hybridized carbons (Fsp3) is 0.136. The monoisotopic (exact) mass is 460 g/mol. The van der Waals surface area contributed by atoms with E-state index >= 15 is 0 Å². The van der Waals surface area contributed by atoms with Gasteiger partial charge in [0.15, 0.2) is 12.4 Å². The van der Waals surface area contributed by atoms with Gasteiger partial charge in [-0.15, -0.1) is 0 Å². The molecule has 0 aliphatic rings. The van der Waals surface area contributed by atoms with Crippen LogP contribution in [-0.4, -0.2) is 38.9 Å². The lowest BCUT2D eigenvalue weighted by Gasteiger charge is -2.10. The van der Waals surface area contributed by atoms with Gasteiger partial charge in [0.25, 0.3) is 5.91 Å². The molecule has 31 heavy (non-hydrogen) atoms. The van der Waals surface area contributed by atoms with Crippen molar-refractivity contribution in [2.24, 2.45) is 5.10 Å². The molecule has 0 atom stereocenters. The number of hydrogen-bond donors (Lipinski definition) is 1. The van der Waals surface area contributed by atoms with Crippen molar-refractivity contribution in [1.29, 1.82) is 0 Å². The zero-order valence-corrected chi connectivity index (χ0v) is 18.2. The van der Waals surface area contributed by atoms with E-state index in [0.717, 1.165) is 10.8 Å². The summed E-state index contributed by atoms with van der Waals surface area (Å²) in [6.45, 7) is -0.326. The Morgan fingerprint density at radius 3 is 2.29 bits per heavy atom. The molecule has 1 amide bonds. The molecule has 0 fully saturated rings. The molecule has 0 radical (unpaired) electrons. The summed E-state index contributed by atoms with van der Waals surface area (Å²) >= 11 is 12.3. The number of nitrogens with zero attached hydrogens (tertiary/aromatic N) is 1. The Hall–Kier alpha value is -3.29. The van der Waals surface area contributed by atoms with Crippen LogP contribution >= 0.6 is 23.2 Å². The van der Waals surface area contributed by atoms with Crippen LogP contribution in [-0.2, 0) is 9.53 Å². The van der Waals surface area contributed by atoms with Crippen LogP contribution < -0.4 is 14.9 Å². The smallest absolute Gasteiger partial charge is 0.343 e. The zero-order chi connectivity index (χ0) is 22.4. The molecule has 1 N–H and O–H groups in total. The summed E-state index contributed by atoms with van der Waals surface area (Å²) in [5.41, 5.74) is 3.33. The number of benzene rings is 3. The SMILES string of the molecule is COC(=O)COc1c(Cl)cc(/C=N\NC(=O)c2cc3ccccc3cc2OC)cc1Cl. The maximum atomic E-state index is 12.6. The van der Waals surface area contributed by atoms with E-state index in [1.807, 2.05) is 24.3 Å². The maximum absolute atomic E-state index is 12.6. The van der Waals surface area contributed by atoms with Gasteiger partial charge in [-0.25, -0.2) is 10.2 Å². The topological polar surface area (TPSA) is 86.2 Å². The summed E-state index contributed by atoms with van der Waals surface area (Å²) in [7, 11) is 2.74. The Kier molecular flexibility index (Phi) is 7.33. The van der Waals surface area contributed by atoms with Crippen molar-refractivity contribution in [3.8, 4) is 11.5 Å². The van der Waals surface area contributed by atoms with Gasteiger partial charge < -0.3 is 14.2 Å². The van der Waals surface area contributed by atoms with Crippen LogP contribution in [0.4, 0.5) is 0 Å². The van der Waals surface area contributed by atoms with Gasteiger partial charge in [0.2, 0.25) is 0 Å². The van der Waals surface area contributed by atoms with E-state index in [1.54, 1.807) is 12.1 Å². The first-order chi connectivity index (χ1) is 14.9. The van der Waals surface area contributed by atoms with Crippen molar-refractivity contribution in [2.75, 3.05) is 20.8 Å². The van der Waals surface area contributed by atoms with Crippen molar-refractivity contribution in [3.63, 3.8) is 0 Å². The molecule has 3 aromatic rings. The third kappa shape index (κ3) is 5.45. The molecule has 3 aromatic carbocycles. The van der Waals surface area contributed by atoms with Crippen LogP contribution in [0.1, 0.15) is 15.9 Å². The standard InChI is InChI=1S/C22H18Cl2N2O5/c1-29-19-10-15-6-4-3-5-14(15)9-16(19)22(28)26-25-11-13-7-17(23)21(18(24)8-13)31-12-20(27)30-2/h3-11H,12H2,1-2H3,(H,26,28)/b25-11-. The number of carbonyl (C=O) groups excluding carboxylic acids is 2. The number of esters is 1. The molecule has 0 aliphatic heterocycles. The van der Waals surface area contributed by atoms with Crippen molar-refractivity contribution < 1.29 is 23.8 Å². The average molecular weight is 461 g/mol. The third-order valence-corrected chi connectivity index (χ3v) is 4.84. The Balaban J connectivity index is 1.74. The van der Waals surface area contributed by atoms with Gasteiger partial charge >= 0.3 is 5.97 Å². The highest BCUT2D eigenvalue weighted by Gasteiger charge is 2.14. The number of hydrogen-bond acceptors (Lipinski definition) is 6. The van der Waals surface area contributed by atoms with E-state index in [0.29, 0.717) is 16.9 Å². The first kappa shape index (κ1) is 22.4. The largest absolute Gasteiger partial charge is 0.496 e. The van der Waals surface area contributed by atoms with Gasteiger partial charge in [0.05, 0.1) is 36.0 Å². The molecular formula is C22H18Cl2N2O5. The molecule has 0 spiro atoms. The van der Waals surface area contributed by atoms with Gasteiger partial charge in [-0.1, -0.05) is 47.5 Å². The van der Waals surface area contributed by atoms with E-state index in [4.69, 9.17) is 32.7 Å². The number of halogens is 2. The van der Waals surface area contributed by atoms with Crippen LogP contribution in [0.3, 0.4) is 0 Å². The number of nitrogens with one attached hydrogen (secondary N) is 1. The van der Waals surface area contributed by atoms with Crippen molar-refractivity contribution >= 4 is 52.1 Å². The Morgan fingerprint density at radius 1 is 1.03 bits per heavy atom. The molecule has 0 bridgehead atoms. The molecule has 0 saturated heterocycles. The first-order valence-corrected chi connectivity index (χ1v) is 9.77. The number of carbonyl (C=O) groups is 2. The third-order valence-electron chi connectivity index (χ3n) is 4.27. The number of amides is 1. The van der Waals surface area contributed by atoms with E-state index in [9.17, 15) is 9.59 Å². The molecule has 7 nitrogen and oxygen atoms in total. The average Bonchev–Trinajstić information content (AvgIpc) is 2.77. The van der Waals surface area contributed by atoms with Crippen LogP contribution in [0.2, 0.25) is 10.0 Å². The minimum Gasteiger partial charge on any atom is -0.496 e. The fourth-order valence-corrected chi connectivity index (χ4v) is 3.39. The van der Waals surface area contributed by atoms with Gasteiger partial charge in [-0.05, 0) is 40.6 Å². The van der Waals surface area contributed by atoms with Crippen molar-refractivity contribution in [2.45, 2.75) is 0 Å². The Morgan fingerprint density at radius 2 is 1.68 bits per heavy atom. The summed E-state index contributed by atoms with van der Waals surface area (Å²) < 4.78 is 15.1. The van der Waals surface area contributed by atoms with Crippen LogP contribution in [0.25, 0.3) is 10.8 Å². The molecule has 0 heterocycles. The highest BCUT2D eigenvalue weighted by atomic mass is 35.5. The van der Waals surface area contributed by atoms with E-state index in [1.165, 1.54) is 32.6 Å². The molecule has 0 aromatic heterocycles. The molecule has 3 rings (SSSR count). The Labute approximate surface area is 188 Å². The number of fused-ring (bicyclic) bond motifs is 1. The van der Waals surface area contributed by atoms with Crippen molar-refractivity contribution in [1.82, 2.24) is 5.43 Å². The predicted molar refractivity (Wildman–Crippen MR) is 120 cm³/mol. The van der Waals surface area contributed by atoms with Crippen LogP contribution in [0, 0.1) is 0 Å². The van der Waals surface area contributed by atoms with Gasteiger partial charge in [-0.2, -0.15) is 5.10 Å². The van der Waals surface area contributed by atoms with E-state index < -0.39 is 11.9 Å². The van der Waals surface area contributed by atoms with Gasteiger partial charge in [0, 0.05) is 0 Å². The highest BCUT2D eigenvalue weighted by molar-refractivity contribution is 6.37. The lowest BCUT2D eigenvalue weighted by atomic mass is 10.1. The number of hydrazone groups is 1. The predicted octanol–water partition coefficient (Wildman–Crippen LogP) is 4.47. The quantitative estimate of drug-likeness (QED) is 0.319. The van der Waals surface area contributed by atoms with Gasteiger partial charge in [0.1, 0.15) is 5.75 Å². The number of methoxy groups -OCH3 is 2. The molecular weight excluding hydrogens is 443 g/mol. The number of rotatable bonds is 7. The molecule has 0 unspecified atom stereocenters. The van der Waals surface area contributed by atoms with Crippen LogP contribution in [0.15, 0.2) is 53.6 Å². The highest BCUT2D eigenvalue weighted by Crippen LogP contribution is 2.34. The Bertz CT molecular complexity index is 1140. The molecule has 0 saturated carbocycles. The summed E-state index contributed by atoms with van der Waals surface area (Å²) in [6.07, 6.45) is 1.38. The second-order valence-electron chi connectivity index (χ2n) is 6.28. The number of ether oxygens (including phenoxy) is 3. The maximum Gasteiger partial charge on any atom is 0.343 e. The van der Waals surface area contributed by atoms with Crippen LogP contribution in [0.5, 0.6) is 11.5 Å². The fourth-order valence-electron chi connectivity index (χ4n) is 2.77. The lowest BCUT2D eigenvalue weighted by Crippen LogP contribution is -2.18. The zero-order valence-electron chi connectivity index (χ0n) is 16.6. The second kappa shape index (κ2) is 10.1. The summed E-state index contributed by atoms with van der Waals surface area (Å²) in [5, 5.41) is 6.18. The van der Waals surface area contributed by atoms with Crippen molar-refractivity contribution in [3.05, 3.63) is 69.7 Å². The first-order valence-electron chi connectivity index (χ1n) is 9.01. The summed E-state index contributed by atoms with van der Waals surface area (Å²) in [4.78, 5) is 23.8. The van der Waals surface area contributed by atoms with Gasteiger partial charge in [-0.3, -0.25) is 4.79 Å². The molecule has 9 heteroatoms. The normalized spacial score (nSPS) is 10.8. The minimum atomic E-state index is -0.565. The molecule has 0 aliphatic carbocycles. The lowest BCUT2D eigenvalue weighted by molar-refractivity contribution is -0.142. The minimum absolute atomic E-state index is 0.149. The van der Waals surface area contributed by atoms with E-state index in [-0.39, 0.29) is 22.4 Å². The second-order valence-corrected chi connectivity index (χ2v) is 7.09. The van der Waals surface area contributed by atoms with E-state index in [2.05, 4.69) is 15.3 Å². The summed E-state index contributed by atoms with van der Waals surface area (Å²) in [5.74, 6) is -0.418. The molecule has 160 valence electrons.